The summed E-state index contributed by atoms with van der Waals surface area (Å²) in [6.45, 7) is 0.415. The van der Waals surface area contributed by atoms with Gasteiger partial charge in [0, 0.05) is 22.2 Å². The van der Waals surface area contributed by atoms with Crippen LogP contribution in [0.2, 0.25) is 5.02 Å². The van der Waals surface area contributed by atoms with Crippen molar-refractivity contribution in [3.63, 3.8) is 0 Å². The second-order valence-electron chi connectivity index (χ2n) is 7.39. The predicted molar refractivity (Wildman–Crippen MR) is 130 cm³/mol. The van der Waals surface area contributed by atoms with Crippen molar-refractivity contribution in [1.82, 2.24) is 15.2 Å². The number of H-pyrrole nitrogens is 1. The van der Waals surface area contributed by atoms with Gasteiger partial charge < -0.3 is 4.74 Å². The van der Waals surface area contributed by atoms with Crippen molar-refractivity contribution in [2.45, 2.75) is 6.61 Å². The lowest BCUT2D eigenvalue weighted by atomic mass is 10.00. The Bertz CT molecular complexity index is 1360. The third kappa shape index (κ3) is 4.56. The Hall–Kier alpha value is -3.89. The fraction of sp³-hybridized carbons (Fsp3) is 0.0370. The molecule has 5 heteroatoms. The molecule has 5 aromatic rings. The van der Waals surface area contributed by atoms with Gasteiger partial charge in [-0.3, -0.25) is 5.10 Å². The van der Waals surface area contributed by atoms with Gasteiger partial charge in [-0.15, -0.1) is 0 Å². The zero-order valence-corrected chi connectivity index (χ0v) is 18.0. The van der Waals surface area contributed by atoms with Gasteiger partial charge in [-0.1, -0.05) is 60.1 Å². The van der Waals surface area contributed by atoms with Gasteiger partial charge in [-0.2, -0.15) is 5.10 Å². The van der Waals surface area contributed by atoms with E-state index in [1.165, 1.54) is 0 Å². The minimum atomic E-state index is 0.415. The Labute approximate surface area is 191 Å². The summed E-state index contributed by atoms with van der Waals surface area (Å²) in [5.41, 5.74) is 5.96. The monoisotopic (exact) mass is 437 g/mol. The molecule has 0 aliphatic rings. The number of halogens is 1. The van der Waals surface area contributed by atoms with E-state index in [-0.39, 0.29) is 0 Å². The molecule has 2 aromatic heterocycles. The van der Waals surface area contributed by atoms with Gasteiger partial charge in [0.1, 0.15) is 12.4 Å². The molecule has 2 heterocycles. The average Bonchev–Trinajstić information content (AvgIpc) is 3.37. The summed E-state index contributed by atoms with van der Waals surface area (Å²) >= 11 is 6.03. The summed E-state index contributed by atoms with van der Waals surface area (Å²) in [6, 6.07) is 29.9. The molecule has 3 aromatic carbocycles. The second-order valence-corrected chi connectivity index (χ2v) is 7.82. The lowest BCUT2D eigenvalue weighted by Gasteiger charge is -2.10. The fourth-order valence-electron chi connectivity index (χ4n) is 3.52. The van der Waals surface area contributed by atoms with E-state index in [1.807, 2.05) is 78.9 Å². The highest BCUT2D eigenvalue weighted by atomic mass is 35.5. The van der Waals surface area contributed by atoms with Crippen LogP contribution in [-0.4, -0.2) is 15.2 Å². The lowest BCUT2D eigenvalue weighted by molar-refractivity contribution is 0.302. The molecule has 0 saturated carbocycles. The zero-order valence-electron chi connectivity index (χ0n) is 17.2. The Kier molecular flexibility index (Phi) is 5.69. The van der Waals surface area contributed by atoms with Gasteiger partial charge in [-0.05, 0) is 59.7 Å². The first-order chi connectivity index (χ1) is 15.7. The number of pyridine rings is 1. The van der Waals surface area contributed by atoms with E-state index < -0.39 is 0 Å². The first-order valence-electron chi connectivity index (χ1n) is 10.3. The van der Waals surface area contributed by atoms with Crippen molar-refractivity contribution >= 4 is 34.2 Å². The SMILES string of the molecule is Clc1ccc(C=C(c2ccc(OCc3ccc4ccccc4n3)cc2)c2ccn[nH]2)cc1. The summed E-state index contributed by atoms with van der Waals surface area (Å²) in [4.78, 5) is 4.67. The number of fused-ring (bicyclic) bond motifs is 1. The summed E-state index contributed by atoms with van der Waals surface area (Å²) in [7, 11) is 0. The van der Waals surface area contributed by atoms with Crippen LogP contribution in [0.25, 0.3) is 22.6 Å². The number of ether oxygens (including phenoxy) is 1. The smallest absolute Gasteiger partial charge is 0.130 e. The van der Waals surface area contributed by atoms with Crippen molar-refractivity contribution in [3.05, 3.63) is 125 Å². The maximum Gasteiger partial charge on any atom is 0.130 e. The summed E-state index contributed by atoms with van der Waals surface area (Å²) in [5.74, 6) is 0.791. The van der Waals surface area contributed by atoms with E-state index in [2.05, 4.69) is 33.4 Å². The lowest BCUT2D eigenvalue weighted by Crippen LogP contribution is -1.98. The van der Waals surface area contributed by atoms with Crippen LogP contribution in [-0.2, 0) is 6.61 Å². The minimum absolute atomic E-state index is 0.415. The predicted octanol–water partition coefficient (Wildman–Crippen LogP) is 6.78. The second kappa shape index (κ2) is 9.08. The van der Waals surface area contributed by atoms with Crippen LogP contribution in [0.1, 0.15) is 22.5 Å². The van der Waals surface area contributed by atoms with Gasteiger partial charge in [0.2, 0.25) is 0 Å². The molecule has 0 spiro atoms. The normalized spacial score (nSPS) is 11.6. The molecule has 32 heavy (non-hydrogen) atoms. The molecule has 156 valence electrons. The molecule has 0 aliphatic carbocycles. The summed E-state index contributed by atoms with van der Waals surface area (Å²) < 4.78 is 5.98. The molecule has 4 nitrogen and oxygen atoms in total. The van der Waals surface area contributed by atoms with E-state index in [0.717, 1.165) is 44.7 Å². The first kappa shape index (κ1) is 20.0. The zero-order chi connectivity index (χ0) is 21.8. The van der Waals surface area contributed by atoms with Crippen LogP contribution in [0.4, 0.5) is 0 Å². The molecule has 0 unspecified atom stereocenters. The standard InChI is InChI=1S/C27H20ClN3O/c28-22-10-5-19(6-11-22)17-25(27-15-16-29-31-27)20-8-13-24(14-9-20)32-18-23-12-7-21-3-1-2-4-26(21)30-23/h1-17H,18H2,(H,29,31). The number of nitrogens with zero attached hydrogens (tertiary/aromatic N) is 2. The quantitative estimate of drug-likeness (QED) is 0.298. The molecular weight excluding hydrogens is 418 g/mol. The van der Waals surface area contributed by atoms with Crippen LogP contribution in [0.5, 0.6) is 5.75 Å². The number of rotatable bonds is 6. The van der Waals surface area contributed by atoms with E-state index in [9.17, 15) is 0 Å². The van der Waals surface area contributed by atoms with Crippen LogP contribution in [0.3, 0.4) is 0 Å². The van der Waals surface area contributed by atoms with Crippen LogP contribution in [0, 0.1) is 0 Å². The van der Waals surface area contributed by atoms with Gasteiger partial charge in [-0.25, -0.2) is 4.98 Å². The molecule has 0 saturated heterocycles. The fourth-order valence-corrected chi connectivity index (χ4v) is 3.65. The number of aromatic amines is 1. The summed E-state index contributed by atoms with van der Waals surface area (Å²) in [6.07, 6.45) is 3.86. The number of benzene rings is 3. The van der Waals surface area contributed by atoms with Crippen molar-refractivity contribution < 1.29 is 4.74 Å². The first-order valence-corrected chi connectivity index (χ1v) is 10.7. The molecular formula is C27H20ClN3O. The van der Waals surface area contributed by atoms with Gasteiger partial charge in [0.05, 0.1) is 16.9 Å². The Balaban J connectivity index is 1.36. The molecule has 5 rings (SSSR count). The van der Waals surface area contributed by atoms with Gasteiger partial charge in [0.25, 0.3) is 0 Å². The number of hydrogen-bond acceptors (Lipinski definition) is 3. The van der Waals surface area contributed by atoms with Gasteiger partial charge >= 0.3 is 0 Å². The Morgan fingerprint density at radius 3 is 2.47 bits per heavy atom. The number of hydrogen-bond donors (Lipinski definition) is 1. The minimum Gasteiger partial charge on any atom is -0.487 e. The molecule has 1 N–H and O–H groups in total. The van der Waals surface area contributed by atoms with Crippen molar-refractivity contribution in [1.29, 1.82) is 0 Å². The van der Waals surface area contributed by atoms with E-state index in [4.69, 9.17) is 16.3 Å². The molecule has 0 bridgehead atoms. The van der Waals surface area contributed by atoms with Crippen LogP contribution < -0.4 is 4.74 Å². The number of aromatic nitrogens is 3. The van der Waals surface area contributed by atoms with Crippen molar-refractivity contribution in [3.8, 4) is 5.75 Å². The van der Waals surface area contributed by atoms with E-state index >= 15 is 0 Å². The van der Waals surface area contributed by atoms with Crippen LogP contribution in [0.15, 0.2) is 97.2 Å². The largest absolute Gasteiger partial charge is 0.487 e. The maximum absolute atomic E-state index is 6.03. The third-order valence-corrected chi connectivity index (χ3v) is 5.43. The Morgan fingerprint density at radius 2 is 1.69 bits per heavy atom. The van der Waals surface area contributed by atoms with E-state index in [1.54, 1.807) is 6.20 Å². The van der Waals surface area contributed by atoms with Crippen molar-refractivity contribution in [2.24, 2.45) is 0 Å². The number of para-hydroxylation sites is 1. The molecule has 0 amide bonds. The van der Waals surface area contributed by atoms with E-state index in [0.29, 0.717) is 11.6 Å². The topological polar surface area (TPSA) is 50.8 Å². The summed E-state index contributed by atoms with van der Waals surface area (Å²) in [5, 5.41) is 9.01. The number of nitrogens with one attached hydrogen (secondary N) is 1. The highest BCUT2D eigenvalue weighted by Crippen LogP contribution is 2.27. The highest BCUT2D eigenvalue weighted by Gasteiger charge is 2.08. The molecule has 0 aliphatic heterocycles. The third-order valence-electron chi connectivity index (χ3n) is 5.18. The average molecular weight is 438 g/mol. The Morgan fingerprint density at radius 1 is 0.875 bits per heavy atom. The maximum atomic E-state index is 6.03. The highest BCUT2D eigenvalue weighted by molar-refractivity contribution is 6.30. The van der Waals surface area contributed by atoms with Gasteiger partial charge in [0.15, 0.2) is 0 Å². The molecule has 0 radical (unpaired) electrons. The molecule has 0 fully saturated rings. The van der Waals surface area contributed by atoms with Crippen molar-refractivity contribution in [2.75, 3.05) is 0 Å². The van der Waals surface area contributed by atoms with Crippen LogP contribution >= 0.6 is 11.6 Å². The molecule has 0 atom stereocenters.